The van der Waals surface area contributed by atoms with Crippen LogP contribution < -0.4 is 4.57 Å². The smallest absolute Gasteiger partial charge is 0.237 e. The zero-order chi connectivity index (χ0) is 34.7. The van der Waals surface area contributed by atoms with Crippen LogP contribution >= 0.6 is 0 Å². The lowest BCUT2D eigenvalue weighted by atomic mass is 9.70. The number of hydrogen-bond donors (Lipinski definition) is 0. The maximum Gasteiger partial charge on any atom is 0.244 e. The molecule has 2 atom stereocenters. The highest BCUT2D eigenvalue weighted by Gasteiger charge is 2.40. The van der Waals surface area contributed by atoms with E-state index in [1.807, 2.05) is 0 Å². The molecule has 2 unspecified atom stereocenters. The van der Waals surface area contributed by atoms with Gasteiger partial charge in [0.1, 0.15) is 18.4 Å². The molecule has 1 heterocycles. The molecule has 1 aromatic heterocycles. The van der Waals surface area contributed by atoms with Gasteiger partial charge < -0.3 is 0 Å². The van der Waals surface area contributed by atoms with E-state index in [0.29, 0.717) is 6.04 Å². The molecule has 2 aromatic carbocycles. The van der Waals surface area contributed by atoms with Crippen molar-refractivity contribution in [3.63, 3.8) is 0 Å². The minimum absolute atomic E-state index is 0.00707. The lowest BCUT2D eigenvalue weighted by molar-refractivity contribution is -0.697. The van der Waals surface area contributed by atoms with Crippen molar-refractivity contribution in [1.82, 2.24) is 4.57 Å². The standard InChI is InChI=1S/C47H77N2/c1-4-6-8-10-12-14-16-17-18-19-20-22-24-32-38-46(47(3,45-36-30-27-31-37-45)42-44-34-28-26-29-35-44)49-41-40-48(43-49)39-33-25-23-21-15-13-11-9-7-5-2/h26-31,34-37,40-41,43,46H,4-25,32-33,38-39,42H2,1-3H3/q+1. The second-order valence-corrected chi connectivity index (χ2v) is 15.6. The van der Waals surface area contributed by atoms with Crippen molar-refractivity contribution in [3.8, 4) is 0 Å². The van der Waals surface area contributed by atoms with Crippen LogP contribution in [0.25, 0.3) is 0 Å². The van der Waals surface area contributed by atoms with Gasteiger partial charge in [-0.25, -0.2) is 9.13 Å². The van der Waals surface area contributed by atoms with E-state index in [4.69, 9.17) is 0 Å². The molecule has 0 fully saturated rings. The van der Waals surface area contributed by atoms with Gasteiger partial charge in [-0.05, 0) is 43.2 Å². The number of rotatable bonds is 31. The van der Waals surface area contributed by atoms with Gasteiger partial charge in [0, 0.05) is 5.41 Å². The highest BCUT2D eigenvalue weighted by atomic mass is 15.1. The largest absolute Gasteiger partial charge is 0.244 e. The molecular formula is C47H77N2+. The summed E-state index contributed by atoms with van der Waals surface area (Å²) in [6.45, 7) is 8.29. The maximum absolute atomic E-state index is 2.59. The monoisotopic (exact) mass is 670 g/mol. The third kappa shape index (κ3) is 16.9. The van der Waals surface area contributed by atoms with Gasteiger partial charge in [-0.15, -0.1) is 0 Å². The van der Waals surface area contributed by atoms with E-state index in [-0.39, 0.29) is 5.41 Å². The minimum Gasteiger partial charge on any atom is -0.237 e. The van der Waals surface area contributed by atoms with Gasteiger partial charge in [-0.3, -0.25) is 0 Å². The maximum atomic E-state index is 2.59. The third-order valence-electron chi connectivity index (χ3n) is 11.3. The second-order valence-electron chi connectivity index (χ2n) is 15.6. The van der Waals surface area contributed by atoms with Gasteiger partial charge in [0.2, 0.25) is 6.33 Å². The Morgan fingerprint density at radius 2 is 0.959 bits per heavy atom. The van der Waals surface area contributed by atoms with Crippen LogP contribution in [0.15, 0.2) is 79.4 Å². The quantitative estimate of drug-likeness (QED) is 0.0476. The third-order valence-corrected chi connectivity index (χ3v) is 11.3. The Bertz CT molecular complexity index is 1150. The van der Waals surface area contributed by atoms with E-state index >= 15 is 0 Å². The van der Waals surface area contributed by atoms with Crippen LogP contribution in [0, 0.1) is 0 Å². The summed E-state index contributed by atoms with van der Waals surface area (Å²) in [6, 6.07) is 23.0. The Kier molecular flexibility index (Phi) is 22.2. The Morgan fingerprint density at radius 1 is 0.531 bits per heavy atom. The normalized spacial score (nSPS) is 13.4. The fourth-order valence-electron chi connectivity index (χ4n) is 8.09. The van der Waals surface area contributed by atoms with Gasteiger partial charge >= 0.3 is 0 Å². The molecule has 0 amide bonds. The van der Waals surface area contributed by atoms with Crippen LogP contribution in [-0.2, 0) is 18.4 Å². The van der Waals surface area contributed by atoms with E-state index in [1.165, 1.54) is 172 Å². The summed E-state index contributed by atoms with van der Waals surface area (Å²) in [5, 5.41) is 0. The van der Waals surface area contributed by atoms with E-state index < -0.39 is 0 Å². The molecule has 0 saturated carbocycles. The van der Waals surface area contributed by atoms with Crippen molar-refractivity contribution in [2.24, 2.45) is 0 Å². The molecule has 0 N–H and O–H groups in total. The molecule has 0 saturated heterocycles. The van der Waals surface area contributed by atoms with E-state index in [2.05, 4.69) is 109 Å². The van der Waals surface area contributed by atoms with Crippen LogP contribution in [0.2, 0.25) is 0 Å². The summed E-state index contributed by atoms with van der Waals surface area (Å²) in [6.07, 6.45) is 43.1. The first kappa shape index (κ1) is 41.1. The molecule has 3 aromatic rings. The van der Waals surface area contributed by atoms with Crippen molar-refractivity contribution in [2.45, 2.75) is 206 Å². The van der Waals surface area contributed by atoms with Gasteiger partial charge in [0.25, 0.3) is 0 Å². The molecule has 0 aliphatic carbocycles. The summed E-state index contributed by atoms with van der Waals surface area (Å²) in [5.41, 5.74) is 2.90. The Balaban J connectivity index is 1.53. The predicted octanol–water partition coefficient (Wildman–Crippen LogP) is 14.3. The van der Waals surface area contributed by atoms with Crippen molar-refractivity contribution in [2.75, 3.05) is 0 Å². The van der Waals surface area contributed by atoms with E-state index in [0.717, 1.165) is 13.0 Å². The Labute approximate surface area is 304 Å². The molecule has 0 radical (unpaired) electrons. The van der Waals surface area contributed by atoms with Crippen molar-refractivity contribution >= 4 is 0 Å². The molecular weight excluding hydrogens is 593 g/mol. The van der Waals surface area contributed by atoms with Gasteiger partial charge in [0.05, 0.1) is 6.54 Å². The fraction of sp³-hybridized carbons (Fsp3) is 0.681. The predicted molar refractivity (Wildman–Crippen MR) is 214 cm³/mol. The Morgan fingerprint density at radius 3 is 1.45 bits per heavy atom. The Hall–Kier alpha value is -2.35. The zero-order valence-electron chi connectivity index (χ0n) is 32.6. The molecule has 2 heteroatoms. The molecule has 0 aliphatic rings. The van der Waals surface area contributed by atoms with Crippen molar-refractivity contribution in [1.29, 1.82) is 0 Å². The highest BCUT2D eigenvalue weighted by Crippen LogP contribution is 2.41. The van der Waals surface area contributed by atoms with Crippen LogP contribution in [0.3, 0.4) is 0 Å². The summed E-state index contributed by atoms with van der Waals surface area (Å²) >= 11 is 0. The summed E-state index contributed by atoms with van der Waals surface area (Å²) < 4.78 is 5.06. The number of imidazole rings is 1. The topological polar surface area (TPSA) is 8.81 Å². The SMILES string of the molecule is CCCCCCCCCCCCCCCCC(n1cc[n+](CCCCCCCCCCCC)c1)C(C)(Cc1ccccc1)c1ccccc1. The van der Waals surface area contributed by atoms with Gasteiger partial charge in [-0.1, -0.05) is 216 Å². The molecule has 2 nitrogen and oxygen atoms in total. The lowest BCUT2D eigenvalue weighted by Gasteiger charge is -2.37. The second kappa shape index (κ2) is 26.5. The molecule has 274 valence electrons. The summed E-state index contributed by atoms with van der Waals surface area (Å²) in [5.74, 6) is 0. The first-order valence-electron chi connectivity index (χ1n) is 21.3. The van der Waals surface area contributed by atoms with Crippen LogP contribution in [0.5, 0.6) is 0 Å². The van der Waals surface area contributed by atoms with E-state index in [1.54, 1.807) is 0 Å². The number of aromatic nitrogens is 2. The zero-order valence-corrected chi connectivity index (χ0v) is 32.6. The van der Waals surface area contributed by atoms with E-state index in [9.17, 15) is 0 Å². The number of benzene rings is 2. The fourth-order valence-corrected chi connectivity index (χ4v) is 8.09. The summed E-state index contributed by atoms with van der Waals surface area (Å²) in [4.78, 5) is 0. The number of unbranched alkanes of at least 4 members (excludes halogenated alkanes) is 22. The van der Waals surface area contributed by atoms with Gasteiger partial charge in [0.15, 0.2) is 0 Å². The average molecular weight is 670 g/mol. The van der Waals surface area contributed by atoms with Crippen molar-refractivity contribution in [3.05, 3.63) is 90.5 Å². The molecule has 3 rings (SSSR count). The van der Waals surface area contributed by atoms with Crippen LogP contribution in [-0.4, -0.2) is 4.57 Å². The first-order valence-corrected chi connectivity index (χ1v) is 21.3. The number of nitrogens with zero attached hydrogens (tertiary/aromatic N) is 2. The lowest BCUT2D eigenvalue weighted by Crippen LogP contribution is -2.38. The number of aryl methyl sites for hydroxylation is 1. The minimum atomic E-state index is 0.00707. The van der Waals surface area contributed by atoms with Crippen LogP contribution in [0.1, 0.15) is 198 Å². The molecule has 0 spiro atoms. The van der Waals surface area contributed by atoms with Crippen LogP contribution in [0.4, 0.5) is 0 Å². The average Bonchev–Trinajstić information content (AvgIpc) is 3.59. The highest BCUT2D eigenvalue weighted by molar-refractivity contribution is 5.30. The first-order chi connectivity index (χ1) is 24.2. The summed E-state index contributed by atoms with van der Waals surface area (Å²) in [7, 11) is 0. The number of hydrogen-bond acceptors (Lipinski definition) is 0. The van der Waals surface area contributed by atoms with Gasteiger partial charge in [-0.2, -0.15) is 0 Å². The molecule has 49 heavy (non-hydrogen) atoms. The molecule has 0 aliphatic heterocycles. The molecule has 0 bridgehead atoms. The van der Waals surface area contributed by atoms with Crippen molar-refractivity contribution < 1.29 is 4.57 Å².